The second-order valence-electron chi connectivity index (χ2n) is 2.52. The summed E-state index contributed by atoms with van der Waals surface area (Å²) in [5.41, 5.74) is 0.747. The highest BCUT2D eigenvalue weighted by Gasteiger charge is 2.06. The Morgan fingerprint density at radius 1 is 1.29 bits per heavy atom. The Bertz CT molecular complexity index is 454. The average Bonchev–Trinajstić information content (AvgIpc) is 2.50. The van der Waals surface area contributed by atoms with Crippen molar-refractivity contribution in [2.24, 2.45) is 0 Å². The van der Waals surface area contributed by atoms with Crippen LogP contribution in [0.2, 0.25) is 0 Å². The summed E-state index contributed by atoms with van der Waals surface area (Å²) in [6, 6.07) is 4.68. The van der Waals surface area contributed by atoms with Crippen molar-refractivity contribution < 1.29 is 4.39 Å². The minimum Gasteiger partial charge on any atom is -0.207 e. The molecule has 2 rings (SSSR count). The normalized spacial score (nSPS) is 10.5. The maximum absolute atomic E-state index is 13.0. The molecule has 1 aromatic heterocycles. The Morgan fingerprint density at radius 2 is 2.07 bits per heavy atom. The van der Waals surface area contributed by atoms with Crippen LogP contribution in [0.25, 0.3) is 10.6 Å². The van der Waals surface area contributed by atoms with Crippen LogP contribution < -0.4 is 0 Å². The van der Waals surface area contributed by atoms with Crippen LogP contribution in [0.3, 0.4) is 0 Å². The predicted molar refractivity (Wildman–Crippen MR) is 65.7 cm³/mol. The molecule has 0 aliphatic carbocycles. The third kappa shape index (κ3) is 2.29. The molecule has 0 aliphatic heterocycles. The van der Waals surface area contributed by atoms with Crippen molar-refractivity contribution in [3.63, 3.8) is 0 Å². The molecule has 1 aromatic carbocycles. The molecule has 2 aromatic rings. The first-order valence-corrected chi connectivity index (χ1v) is 6.29. The van der Waals surface area contributed by atoms with E-state index in [4.69, 9.17) is 0 Å². The summed E-state index contributed by atoms with van der Waals surface area (Å²) in [6.07, 6.45) is 0. The molecule has 0 amide bonds. The van der Waals surface area contributed by atoms with E-state index < -0.39 is 0 Å². The van der Waals surface area contributed by atoms with Gasteiger partial charge in [-0.25, -0.2) is 4.39 Å². The van der Waals surface area contributed by atoms with Gasteiger partial charge >= 0.3 is 0 Å². The van der Waals surface area contributed by atoms with E-state index in [0.29, 0.717) is 4.47 Å². The molecule has 0 unspecified atom stereocenters. The molecule has 1 heterocycles. The summed E-state index contributed by atoms with van der Waals surface area (Å²) in [5, 5.41) is 8.54. The van der Waals surface area contributed by atoms with E-state index in [1.54, 1.807) is 0 Å². The lowest BCUT2D eigenvalue weighted by atomic mass is 10.2. The molecule has 0 radical (unpaired) electrons. The van der Waals surface area contributed by atoms with Crippen molar-refractivity contribution >= 4 is 49.9 Å². The summed E-state index contributed by atoms with van der Waals surface area (Å²) in [7, 11) is 0. The molecule has 14 heavy (non-hydrogen) atoms. The lowest BCUT2D eigenvalue weighted by Gasteiger charge is -1.96. The van der Waals surface area contributed by atoms with Crippen molar-refractivity contribution in [2.45, 2.75) is 0 Å². The molecular formula is C8H3BrFIN2S. The van der Waals surface area contributed by atoms with Crippen LogP contribution in [0.1, 0.15) is 0 Å². The molecule has 0 aliphatic rings. The summed E-state index contributed by atoms with van der Waals surface area (Å²) in [4.78, 5) is 0. The van der Waals surface area contributed by atoms with Crippen LogP contribution in [0.4, 0.5) is 4.39 Å². The highest BCUT2D eigenvalue weighted by molar-refractivity contribution is 14.1. The lowest BCUT2D eigenvalue weighted by Crippen LogP contribution is -1.80. The molecule has 72 valence electrons. The van der Waals surface area contributed by atoms with Gasteiger partial charge in [-0.3, -0.25) is 0 Å². The van der Waals surface area contributed by atoms with E-state index in [-0.39, 0.29) is 5.82 Å². The Kier molecular flexibility index (Phi) is 3.13. The van der Waals surface area contributed by atoms with Crippen molar-refractivity contribution in [2.75, 3.05) is 0 Å². The van der Waals surface area contributed by atoms with E-state index in [2.05, 4.69) is 48.7 Å². The molecule has 0 atom stereocenters. The Labute approximate surface area is 106 Å². The third-order valence-corrected chi connectivity index (χ3v) is 3.60. The predicted octanol–water partition coefficient (Wildman–Crippen LogP) is 3.71. The van der Waals surface area contributed by atoms with Crippen LogP contribution in [0.15, 0.2) is 22.7 Å². The Balaban J connectivity index is 2.51. The number of hydrogen-bond donors (Lipinski definition) is 0. The SMILES string of the molecule is Fc1cc(Br)cc(-c2nnc(I)s2)c1. The highest BCUT2D eigenvalue weighted by atomic mass is 127. The third-order valence-electron chi connectivity index (χ3n) is 1.51. The smallest absolute Gasteiger partial charge is 0.178 e. The largest absolute Gasteiger partial charge is 0.207 e. The fourth-order valence-electron chi connectivity index (χ4n) is 0.999. The summed E-state index contributed by atoms with van der Waals surface area (Å²) < 4.78 is 14.6. The van der Waals surface area contributed by atoms with Crippen LogP contribution in [0, 0.1) is 8.83 Å². The van der Waals surface area contributed by atoms with Crippen molar-refractivity contribution in [3.8, 4) is 10.6 Å². The van der Waals surface area contributed by atoms with Crippen LogP contribution >= 0.6 is 49.9 Å². The maximum atomic E-state index is 13.0. The van der Waals surface area contributed by atoms with Gasteiger partial charge in [0.25, 0.3) is 0 Å². The topological polar surface area (TPSA) is 25.8 Å². The lowest BCUT2D eigenvalue weighted by molar-refractivity contribution is 0.627. The molecule has 6 heteroatoms. The van der Waals surface area contributed by atoms with E-state index in [9.17, 15) is 4.39 Å². The molecule has 0 spiro atoms. The molecule has 0 fully saturated rings. The molecule has 0 saturated heterocycles. The monoisotopic (exact) mass is 384 g/mol. The van der Waals surface area contributed by atoms with Crippen LogP contribution in [-0.2, 0) is 0 Å². The van der Waals surface area contributed by atoms with Gasteiger partial charge in [0.1, 0.15) is 10.8 Å². The zero-order valence-corrected chi connectivity index (χ0v) is 11.2. The van der Waals surface area contributed by atoms with Crippen molar-refractivity contribution in [3.05, 3.63) is 31.5 Å². The molecule has 0 N–H and O–H groups in total. The standard InChI is InChI=1S/C8H3BrFIN2S/c9-5-1-4(2-6(10)3-5)7-12-13-8(11)14-7/h1-3H. The van der Waals surface area contributed by atoms with E-state index >= 15 is 0 Å². The fraction of sp³-hybridized carbons (Fsp3) is 0. The Hall–Kier alpha value is -0.0800. The van der Waals surface area contributed by atoms with Gasteiger partial charge in [0.05, 0.1) is 0 Å². The number of aromatic nitrogens is 2. The first-order chi connectivity index (χ1) is 6.65. The van der Waals surface area contributed by atoms with Gasteiger partial charge in [-0.05, 0) is 40.8 Å². The average molecular weight is 385 g/mol. The first-order valence-electron chi connectivity index (χ1n) is 3.60. The molecule has 0 saturated carbocycles. The van der Waals surface area contributed by atoms with Gasteiger partial charge in [-0.2, -0.15) is 0 Å². The summed E-state index contributed by atoms with van der Waals surface area (Å²) in [5.74, 6) is -0.278. The number of nitrogens with zero attached hydrogens (tertiary/aromatic N) is 2. The van der Waals surface area contributed by atoms with Gasteiger partial charge in [0, 0.05) is 10.0 Å². The molecule has 2 nitrogen and oxygen atoms in total. The second kappa shape index (κ2) is 4.19. The van der Waals surface area contributed by atoms with E-state index in [1.165, 1.54) is 23.5 Å². The number of rotatable bonds is 1. The van der Waals surface area contributed by atoms with Crippen molar-refractivity contribution in [1.29, 1.82) is 0 Å². The van der Waals surface area contributed by atoms with Crippen molar-refractivity contribution in [1.82, 2.24) is 10.2 Å². The Morgan fingerprint density at radius 3 is 2.64 bits per heavy atom. The van der Waals surface area contributed by atoms with Gasteiger partial charge in [0.2, 0.25) is 0 Å². The van der Waals surface area contributed by atoms with Gasteiger partial charge < -0.3 is 0 Å². The number of halogens is 3. The zero-order valence-electron chi connectivity index (χ0n) is 6.67. The summed E-state index contributed by atoms with van der Waals surface area (Å²) in [6.45, 7) is 0. The van der Waals surface area contributed by atoms with Crippen LogP contribution in [0.5, 0.6) is 0 Å². The van der Waals surface area contributed by atoms with Crippen LogP contribution in [-0.4, -0.2) is 10.2 Å². The first kappa shape index (κ1) is 10.4. The maximum Gasteiger partial charge on any atom is 0.178 e. The number of benzene rings is 1. The van der Waals surface area contributed by atoms with Gasteiger partial charge in [0.15, 0.2) is 3.01 Å². The second-order valence-corrected chi connectivity index (χ2v) is 6.17. The zero-order chi connectivity index (χ0) is 10.1. The number of hydrogen-bond acceptors (Lipinski definition) is 3. The van der Waals surface area contributed by atoms with E-state index in [1.807, 2.05) is 6.07 Å². The summed E-state index contributed by atoms with van der Waals surface area (Å²) >= 11 is 6.75. The fourth-order valence-corrected chi connectivity index (χ4v) is 2.76. The highest BCUT2D eigenvalue weighted by Crippen LogP contribution is 2.27. The molecular weight excluding hydrogens is 382 g/mol. The minimum absolute atomic E-state index is 0.278. The van der Waals surface area contributed by atoms with E-state index in [0.717, 1.165) is 13.6 Å². The van der Waals surface area contributed by atoms with Gasteiger partial charge in [-0.1, -0.05) is 27.3 Å². The quantitative estimate of drug-likeness (QED) is 0.700. The molecule has 0 bridgehead atoms. The minimum atomic E-state index is -0.278. The van der Waals surface area contributed by atoms with Gasteiger partial charge in [-0.15, -0.1) is 10.2 Å².